The molecular weight excluding hydrogens is 248 g/mol. The number of rotatable bonds is 2. The Kier molecular flexibility index (Phi) is 3.11. The van der Waals surface area contributed by atoms with Crippen molar-refractivity contribution in [1.29, 1.82) is 0 Å². The fraction of sp³-hybridized carbons (Fsp3) is 0.308. The third kappa shape index (κ3) is 2.10. The van der Waals surface area contributed by atoms with E-state index >= 15 is 0 Å². The Hall–Kier alpha value is -2.21. The fourth-order valence-corrected chi connectivity index (χ4v) is 2.12. The average Bonchev–Trinajstić information content (AvgIpc) is 2.30. The third-order valence-electron chi connectivity index (χ3n) is 2.93. The van der Waals surface area contributed by atoms with Gasteiger partial charge in [0.2, 0.25) is 11.6 Å². The zero-order chi connectivity index (χ0) is 14.3. The Balaban J connectivity index is 2.75. The molecule has 2 rings (SSSR count). The zero-order valence-electron chi connectivity index (χ0n) is 11.0. The molecule has 3 N–H and O–H groups in total. The van der Waals surface area contributed by atoms with Crippen LogP contribution in [0.15, 0.2) is 16.4 Å². The van der Waals surface area contributed by atoms with Gasteiger partial charge in [-0.3, -0.25) is 14.4 Å². The van der Waals surface area contributed by atoms with Crippen molar-refractivity contribution in [3.8, 4) is 0 Å². The number of aryl methyl sites for hydroxylation is 1. The number of H-pyrrole nitrogens is 1. The maximum atomic E-state index is 12.0. The molecule has 1 aromatic heterocycles. The smallest absolute Gasteiger partial charge is 0.239 e. The number of Topliss-reactive ketones (excluding diaryl/α,β-unsaturated/α-hetero) is 2. The molecule has 0 amide bonds. The van der Waals surface area contributed by atoms with Gasteiger partial charge in [-0.25, -0.2) is 0 Å². The summed E-state index contributed by atoms with van der Waals surface area (Å²) in [6.07, 6.45) is 0. The zero-order valence-corrected chi connectivity index (χ0v) is 11.0. The molecule has 0 bridgehead atoms. The summed E-state index contributed by atoms with van der Waals surface area (Å²) in [6, 6.07) is 1.24. The van der Waals surface area contributed by atoms with Gasteiger partial charge in [0.05, 0.1) is 19.8 Å². The number of nitrogens with one attached hydrogen (secondary N) is 2. The van der Waals surface area contributed by atoms with E-state index < -0.39 is 17.0 Å². The van der Waals surface area contributed by atoms with Gasteiger partial charge >= 0.3 is 0 Å². The summed E-state index contributed by atoms with van der Waals surface area (Å²) in [5.74, 6) is -1.97. The summed E-state index contributed by atoms with van der Waals surface area (Å²) < 4.78 is 0. The largest absolute Gasteiger partial charge is 0.505 e. The highest BCUT2D eigenvalue weighted by molar-refractivity contribution is 6.52. The number of hydrogen-bond acceptors (Lipinski definition) is 4. The van der Waals surface area contributed by atoms with Crippen molar-refractivity contribution in [2.45, 2.75) is 6.92 Å². The molecule has 0 atom stereocenters. The van der Waals surface area contributed by atoms with Gasteiger partial charge in [-0.05, 0) is 6.92 Å². The topological polar surface area (TPSA) is 91.7 Å². The lowest BCUT2D eigenvalue weighted by Crippen LogP contribution is -3.06. The molecule has 0 unspecified atom stereocenters. The van der Waals surface area contributed by atoms with Crippen LogP contribution in [0.25, 0.3) is 5.76 Å². The first-order chi connectivity index (χ1) is 8.82. The summed E-state index contributed by atoms with van der Waals surface area (Å²) in [5, 5.41) is 10.1. The molecular formula is C13H15N2O4+. The lowest BCUT2D eigenvalue weighted by atomic mass is 9.91. The molecule has 1 aromatic rings. The second-order valence-corrected chi connectivity index (χ2v) is 4.94. The van der Waals surface area contributed by atoms with Crippen LogP contribution in [0, 0.1) is 6.92 Å². The van der Waals surface area contributed by atoms with Crippen molar-refractivity contribution in [3.63, 3.8) is 0 Å². The minimum absolute atomic E-state index is 0.0405. The van der Waals surface area contributed by atoms with Gasteiger partial charge in [0, 0.05) is 11.8 Å². The number of ketones is 2. The molecule has 0 spiro atoms. The maximum Gasteiger partial charge on any atom is 0.239 e. The van der Waals surface area contributed by atoms with E-state index in [1.54, 1.807) is 21.0 Å². The molecule has 0 saturated heterocycles. The standard InChI is InChI=1S/C13H14N2O4/c1-6-4-8(16)9-10(14-6)11(17)7(5-15(2)3)12(18)13(9)19/h4,17H,5H2,1-3H3,(H,14,16)/p+1. The molecule has 6 heteroatoms. The Morgan fingerprint density at radius 3 is 2.42 bits per heavy atom. The summed E-state index contributed by atoms with van der Waals surface area (Å²) in [5.41, 5.74) is -0.211. The van der Waals surface area contributed by atoms with Gasteiger partial charge in [0.1, 0.15) is 17.7 Å². The highest BCUT2D eigenvalue weighted by atomic mass is 16.3. The van der Waals surface area contributed by atoms with Crippen LogP contribution < -0.4 is 10.3 Å². The summed E-state index contributed by atoms with van der Waals surface area (Å²) in [4.78, 5) is 39.4. The van der Waals surface area contributed by atoms with Crippen molar-refractivity contribution in [3.05, 3.63) is 38.8 Å². The van der Waals surface area contributed by atoms with Crippen LogP contribution >= 0.6 is 0 Å². The predicted octanol–water partition coefficient (Wildman–Crippen LogP) is -1.14. The molecule has 1 aliphatic rings. The first-order valence-electron chi connectivity index (χ1n) is 5.87. The SMILES string of the molecule is Cc1cc(=O)c2c([nH]1)C(O)=C(C[NH+](C)C)C(=O)C2=O. The quantitative estimate of drug-likeness (QED) is 0.588. The Morgan fingerprint density at radius 1 is 1.21 bits per heavy atom. The van der Waals surface area contributed by atoms with Crippen LogP contribution in [0.5, 0.6) is 0 Å². The van der Waals surface area contributed by atoms with E-state index in [1.807, 2.05) is 0 Å². The first kappa shape index (κ1) is 13.2. The number of carbonyl (C=O) groups excluding carboxylic acids is 2. The molecule has 100 valence electrons. The van der Waals surface area contributed by atoms with Crippen molar-refractivity contribution < 1.29 is 19.6 Å². The number of quaternary nitrogens is 1. The molecule has 0 saturated carbocycles. The van der Waals surface area contributed by atoms with E-state index in [0.29, 0.717) is 5.69 Å². The first-order valence-corrected chi connectivity index (χ1v) is 5.87. The van der Waals surface area contributed by atoms with Crippen LogP contribution in [0.2, 0.25) is 0 Å². The summed E-state index contributed by atoms with van der Waals surface area (Å²) in [7, 11) is 3.60. The van der Waals surface area contributed by atoms with Gasteiger partial charge in [-0.2, -0.15) is 0 Å². The fourth-order valence-electron chi connectivity index (χ4n) is 2.12. The number of hydrogen-bond donors (Lipinski definition) is 3. The lowest BCUT2D eigenvalue weighted by Gasteiger charge is -2.18. The highest BCUT2D eigenvalue weighted by Gasteiger charge is 2.36. The van der Waals surface area contributed by atoms with E-state index in [-0.39, 0.29) is 29.1 Å². The number of likely N-dealkylation sites (N-methyl/N-ethyl adjacent to an activating group) is 1. The van der Waals surface area contributed by atoms with E-state index in [1.165, 1.54) is 6.07 Å². The van der Waals surface area contributed by atoms with Gasteiger partial charge in [0.25, 0.3) is 0 Å². The monoisotopic (exact) mass is 263 g/mol. The van der Waals surface area contributed by atoms with Crippen LogP contribution in [0.4, 0.5) is 0 Å². The van der Waals surface area contributed by atoms with Gasteiger partial charge in [-0.1, -0.05) is 0 Å². The van der Waals surface area contributed by atoms with Crippen LogP contribution in [-0.2, 0) is 4.79 Å². The highest BCUT2D eigenvalue weighted by Crippen LogP contribution is 2.23. The molecule has 1 heterocycles. The van der Waals surface area contributed by atoms with Crippen molar-refractivity contribution in [2.24, 2.45) is 0 Å². The van der Waals surface area contributed by atoms with Crippen LogP contribution in [0.1, 0.15) is 21.7 Å². The van der Waals surface area contributed by atoms with Gasteiger partial charge < -0.3 is 15.0 Å². The van der Waals surface area contributed by atoms with Crippen molar-refractivity contribution >= 4 is 17.3 Å². The Labute approximate surface area is 109 Å². The van der Waals surface area contributed by atoms with Crippen LogP contribution in [-0.4, -0.2) is 42.3 Å². The minimum atomic E-state index is -0.856. The van der Waals surface area contributed by atoms with Crippen molar-refractivity contribution in [2.75, 3.05) is 20.6 Å². The van der Waals surface area contributed by atoms with E-state index in [0.717, 1.165) is 4.90 Å². The summed E-state index contributed by atoms with van der Waals surface area (Å²) in [6.45, 7) is 1.86. The molecule has 0 aromatic carbocycles. The minimum Gasteiger partial charge on any atom is -0.505 e. The number of pyridine rings is 1. The normalized spacial score (nSPS) is 15.2. The number of carbonyl (C=O) groups is 2. The number of fused-ring (bicyclic) bond motifs is 1. The second-order valence-electron chi connectivity index (χ2n) is 4.94. The lowest BCUT2D eigenvalue weighted by molar-refractivity contribution is -0.852. The van der Waals surface area contributed by atoms with Gasteiger partial charge in [-0.15, -0.1) is 0 Å². The van der Waals surface area contributed by atoms with E-state index in [2.05, 4.69) is 4.98 Å². The molecule has 0 aliphatic heterocycles. The molecule has 6 nitrogen and oxygen atoms in total. The number of aliphatic hydroxyl groups is 1. The number of aromatic amines is 1. The number of aliphatic hydroxyl groups excluding tert-OH is 1. The van der Waals surface area contributed by atoms with Crippen LogP contribution in [0.3, 0.4) is 0 Å². The van der Waals surface area contributed by atoms with Crippen molar-refractivity contribution in [1.82, 2.24) is 4.98 Å². The van der Waals surface area contributed by atoms with E-state index in [4.69, 9.17) is 0 Å². The summed E-state index contributed by atoms with van der Waals surface area (Å²) >= 11 is 0. The molecule has 0 fully saturated rings. The molecule has 0 radical (unpaired) electrons. The third-order valence-corrected chi connectivity index (χ3v) is 2.93. The maximum absolute atomic E-state index is 12.0. The number of aromatic nitrogens is 1. The molecule has 1 aliphatic carbocycles. The van der Waals surface area contributed by atoms with E-state index in [9.17, 15) is 19.5 Å². The Morgan fingerprint density at radius 2 is 1.84 bits per heavy atom. The average molecular weight is 263 g/mol. The predicted molar refractivity (Wildman–Crippen MR) is 68.4 cm³/mol. The Bertz CT molecular complexity index is 668. The van der Waals surface area contributed by atoms with Gasteiger partial charge in [0.15, 0.2) is 11.2 Å². The molecule has 19 heavy (non-hydrogen) atoms. The second kappa shape index (κ2) is 4.47.